The molecule has 0 aliphatic heterocycles. The molecule has 2 aromatic rings. The Hall–Kier alpha value is -1.41. The van der Waals surface area contributed by atoms with Crippen molar-refractivity contribution in [2.24, 2.45) is 5.73 Å². The summed E-state index contributed by atoms with van der Waals surface area (Å²) in [6.45, 7) is 1.94. The quantitative estimate of drug-likeness (QED) is 0.878. The number of halogens is 4. The summed E-state index contributed by atoms with van der Waals surface area (Å²) in [7, 11) is 0. The van der Waals surface area contributed by atoms with Crippen LogP contribution in [0, 0.1) is 0 Å². The number of nitrogens with zero attached hydrogens (tertiary/aromatic N) is 2. The Labute approximate surface area is 127 Å². The fourth-order valence-electron chi connectivity index (χ4n) is 1.88. The number of benzene rings is 1. The van der Waals surface area contributed by atoms with Gasteiger partial charge in [-0.2, -0.15) is 18.2 Å². The van der Waals surface area contributed by atoms with E-state index in [2.05, 4.69) is 26.1 Å². The molecule has 0 spiro atoms. The summed E-state index contributed by atoms with van der Waals surface area (Å²) >= 11 is 3.03. The van der Waals surface area contributed by atoms with Crippen LogP contribution in [-0.2, 0) is 6.18 Å². The van der Waals surface area contributed by atoms with E-state index in [0.29, 0.717) is 10.9 Å². The Balaban J connectivity index is 2.43. The molecule has 21 heavy (non-hydrogen) atoms. The van der Waals surface area contributed by atoms with Gasteiger partial charge in [-0.25, -0.2) is 0 Å². The third kappa shape index (κ3) is 3.62. The molecule has 0 unspecified atom stereocenters. The highest BCUT2D eigenvalue weighted by molar-refractivity contribution is 9.10. The molecular weight excluding hydrogens is 351 g/mol. The van der Waals surface area contributed by atoms with Crippen LogP contribution in [0.3, 0.4) is 0 Å². The van der Waals surface area contributed by atoms with Gasteiger partial charge >= 0.3 is 6.18 Å². The normalized spacial score (nSPS) is 13.4. The Morgan fingerprint density at radius 1 is 1.38 bits per heavy atom. The smallest absolute Gasteiger partial charge is 0.337 e. The van der Waals surface area contributed by atoms with Gasteiger partial charge in [-0.1, -0.05) is 34.4 Å². The molecule has 0 aliphatic carbocycles. The molecule has 0 bridgehead atoms. The molecule has 0 amide bonds. The monoisotopic (exact) mass is 363 g/mol. The van der Waals surface area contributed by atoms with Gasteiger partial charge in [0.15, 0.2) is 0 Å². The van der Waals surface area contributed by atoms with Crippen molar-refractivity contribution in [2.45, 2.75) is 32.0 Å². The summed E-state index contributed by atoms with van der Waals surface area (Å²) in [4.78, 5) is 3.98. The van der Waals surface area contributed by atoms with Crippen LogP contribution in [0.5, 0.6) is 0 Å². The van der Waals surface area contributed by atoms with E-state index in [9.17, 15) is 13.2 Å². The van der Waals surface area contributed by atoms with Gasteiger partial charge in [-0.05, 0) is 24.6 Å². The Morgan fingerprint density at radius 2 is 2.10 bits per heavy atom. The minimum absolute atomic E-state index is 0.114. The second kappa shape index (κ2) is 6.15. The number of nitrogens with two attached hydrogens (primary N) is 1. The first-order valence-electron chi connectivity index (χ1n) is 6.29. The van der Waals surface area contributed by atoms with Gasteiger partial charge in [0.2, 0.25) is 11.7 Å². The third-order valence-electron chi connectivity index (χ3n) is 2.89. The third-order valence-corrected chi connectivity index (χ3v) is 3.38. The molecule has 114 valence electrons. The molecule has 8 heteroatoms. The number of hydrogen-bond acceptors (Lipinski definition) is 4. The topological polar surface area (TPSA) is 64.9 Å². The van der Waals surface area contributed by atoms with Crippen molar-refractivity contribution < 1.29 is 17.7 Å². The zero-order valence-corrected chi connectivity index (χ0v) is 12.7. The Bertz CT molecular complexity index is 627. The van der Waals surface area contributed by atoms with E-state index in [0.717, 1.165) is 12.5 Å². The predicted octanol–water partition coefficient (Wildman–Crippen LogP) is 4.32. The van der Waals surface area contributed by atoms with Gasteiger partial charge in [0.1, 0.15) is 0 Å². The van der Waals surface area contributed by atoms with Crippen LogP contribution in [0.25, 0.3) is 11.4 Å². The molecular formula is C13H13BrF3N3O. The first-order chi connectivity index (χ1) is 9.82. The standard InChI is InChI=1S/C13H13BrF3N3O/c1-2-3-10(18)12-19-11(20-21-12)8-5-4-7(14)6-9(8)13(15,16)17/h4-6,10H,2-3,18H2,1H3/t10-/m1/s1. The van der Waals surface area contributed by atoms with E-state index >= 15 is 0 Å². The van der Waals surface area contributed by atoms with Crippen molar-refractivity contribution in [3.8, 4) is 11.4 Å². The van der Waals surface area contributed by atoms with Crippen LogP contribution in [-0.4, -0.2) is 10.1 Å². The molecule has 2 N–H and O–H groups in total. The zero-order valence-electron chi connectivity index (χ0n) is 11.1. The van der Waals surface area contributed by atoms with Crippen LogP contribution in [0.1, 0.15) is 37.3 Å². The van der Waals surface area contributed by atoms with E-state index in [1.165, 1.54) is 12.1 Å². The van der Waals surface area contributed by atoms with Crippen LogP contribution in [0.15, 0.2) is 27.2 Å². The van der Waals surface area contributed by atoms with Crippen molar-refractivity contribution in [1.82, 2.24) is 10.1 Å². The van der Waals surface area contributed by atoms with Gasteiger partial charge in [0.05, 0.1) is 11.6 Å². The summed E-state index contributed by atoms with van der Waals surface area (Å²) in [6.07, 6.45) is -3.08. The highest BCUT2D eigenvalue weighted by Crippen LogP contribution is 2.37. The van der Waals surface area contributed by atoms with Gasteiger partial charge in [0, 0.05) is 10.0 Å². The molecule has 0 fully saturated rings. The number of hydrogen-bond donors (Lipinski definition) is 1. The second-order valence-corrected chi connectivity index (χ2v) is 5.45. The van der Waals surface area contributed by atoms with Crippen molar-refractivity contribution >= 4 is 15.9 Å². The fraction of sp³-hybridized carbons (Fsp3) is 0.385. The van der Waals surface area contributed by atoms with E-state index < -0.39 is 17.8 Å². The SMILES string of the molecule is CCC[C@@H](N)c1nc(-c2ccc(Br)cc2C(F)(F)F)no1. The van der Waals surface area contributed by atoms with E-state index in [4.69, 9.17) is 10.3 Å². The van der Waals surface area contributed by atoms with Crippen molar-refractivity contribution in [1.29, 1.82) is 0 Å². The van der Waals surface area contributed by atoms with Gasteiger partial charge < -0.3 is 10.3 Å². The van der Waals surface area contributed by atoms with Crippen LogP contribution < -0.4 is 5.73 Å². The van der Waals surface area contributed by atoms with Gasteiger partial charge in [0.25, 0.3) is 0 Å². The van der Waals surface area contributed by atoms with Crippen LogP contribution >= 0.6 is 15.9 Å². The summed E-state index contributed by atoms with van der Waals surface area (Å²) in [6, 6.07) is 3.30. The fourth-order valence-corrected chi connectivity index (χ4v) is 2.24. The lowest BCUT2D eigenvalue weighted by atomic mass is 10.1. The molecule has 0 aliphatic rings. The largest absolute Gasteiger partial charge is 0.417 e. The Morgan fingerprint density at radius 3 is 2.71 bits per heavy atom. The summed E-state index contributed by atoms with van der Waals surface area (Å²) < 4.78 is 44.5. The van der Waals surface area contributed by atoms with E-state index in [-0.39, 0.29) is 17.3 Å². The molecule has 0 saturated carbocycles. The first-order valence-corrected chi connectivity index (χ1v) is 7.08. The predicted molar refractivity (Wildman–Crippen MR) is 74.3 cm³/mol. The maximum absolute atomic E-state index is 13.1. The van der Waals surface area contributed by atoms with Crippen LogP contribution in [0.2, 0.25) is 0 Å². The molecule has 4 nitrogen and oxygen atoms in total. The molecule has 1 aromatic carbocycles. The highest BCUT2D eigenvalue weighted by Gasteiger charge is 2.35. The van der Waals surface area contributed by atoms with E-state index in [1.54, 1.807) is 0 Å². The molecule has 0 radical (unpaired) electrons. The van der Waals surface area contributed by atoms with Crippen LogP contribution in [0.4, 0.5) is 13.2 Å². The summed E-state index contributed by atoms with van der Waals surface area (Å²) in [5.41, 5.74) is 4.86. The molecule has 1 heterocycles. The first kappa shape index (κ1) is 16.0. The number of rotatable bonds is 4. The zero-order chi connectivity index (χ0) is 15.6. The van der Waals surface area contributed by atoms with E-state index in [1.807, 2.05) is 6.92 Å². The maximum Gasteiger partial charge on any atom is 0.417 e. The lowest BCUT2D eigenvalue weighted by molar-refractivity contribution is -0.137. The minimum atomic E-state index is -4.51. The van der Waals surface area contributed by atoms with Gasteiger partial charge in [-0.3, -0.25) is 0 Å². The van der Waals surface area contributed by atoms with Gasteiger partial charge in [-0.15, -0.1) is 0 Å². The lowest BCUT2D eigenvalue weighted by Crippen LogP contribution is -2.10. The minimum Gasteiger partial charge on any atom is -0.337 e. The molecule has 1 atom stereocenters. The van der Waals surface area contributed by atoms with Crippen molar-refractivity contribution in [3.05, 3.63) is 34.1 Å². The number of aromatic nitrogens is 2. The highest BCUT2D eigenvalue weighted by atomic mass is 79.9. The number of alkyl halides is 3. The summed E-state index contributed by atoms with van der Waals surface area (Å²) in [5, 5.41) is 3.61. The maximum atomic E-state index is 13.1. The average molecular weight is 364 g/mol. The lowest BCUT2D eigenvalue weighted by Gasteiger charge is -2.10. The Kier molecular flexibility index (Phi) is 4.67. The van der Waals surface area contributed by atoms with Crippen molar-refractivity contribution in [2.75, 3.05) is 0 Å². The molecule has 1 aromatic heterocycles. The summed E-state index contributed by atoms with van der Waals surface area (Å²) in [5.74, 6) is 0.0271. The van der Waals surface area contributed by atoms with Crippen molar-refractivity contribution in [3.63, 3.8) is 0 Å². The molecule has 0 saturated heterocycles. The average Bonchev–Trinajstić information content (AvgIpc) is 2.87. The molecule has 2 rings (SSSR count). The second-order valence-electron chi connectivity index (χ2n) is 4.54.